The van der Waals surface area contributed by atoms with Gasteiger partial charge in [-0.15, -0.1) is 13.2 Å². The van der Waals surface area contributed by atoms with E-state index in [0.717, 1.165) is 6.92 Å². The first-order chi connectivity index (χ1) is 10.0. The molecule has 0 spiro atoms. The molecule has 0 fully saturated rings. The molecule has 0 saturated carbocycles. The first-order valence-electron chi connectivity index (χ1n) is 5.59. The summed E-state index contributed by atoms with van der Waals surface area (Å²) in [5.74, 6) is -3.47. The summed E-state index contributed by atoms with van der Waals surface area (Å²) < 4.78 is 39.9. The van der Waals surface area contributed by atoms with E-state index in [2.05, 4.69) is 4.74 Å². The Morgan fingerprint density at radius 3 is 2.45 bits per heavy atom. The van der Waals surface area contributed by atoms with Crippen molar-refractivity contribution in [3.63, 3.8) is 0 Å². The number of benzene rings is 1. The van der Waals surface area contributed by atoms with Gasteiger partial charge in [-0.25, -0.2) is 0 Å². The highest BCUT2D eigenvalue weighted by atomic mass is 19.4. The molecule has 11 heteroatoms. The van der Waals surface area contributed by atoms with Gasteiger partial charge in [-0.2, -0.15) is 0 Å². The molecule has 0 saturated heterocycles. The standard InChI is InChI=1S/C11H9F3N2O6/c1-5(10(18)19)15-9(17)7-4-6(22-11(12,13)14)2-3-8(7)16(20)21/h2-5H,1H3,(H,15,17)(H,18,19). The number of alkyl halides is 3. The molecule has 2 N–H and O–H groups in total. The van der Waals surface area contributed by atoms with E-state index >= 15 is 0 Å². The van der Waals surface area contributed by atoms with Crippen LogP contribution in [0, 0.1) is 10.1 Å². The number of nitro benzene ring substituents is 1. The third-order valence-electron chi connectivity index (χ3n) is 2.36. The van der Waals surface area contributed by atoms with Gasteiger partial charge in [0.15, 0.2) is 0 Å². The van der Waals surface area contributed by atoms with E-state index in [1.807, 2.05) is 5.32 Å². The Balaban J connectivity index is 3.18. The van der Waals surface area contributed by atoms with Crippen molar-refractivity contribution in [3.05, 3.63) is 33.9 Å². The van der Waals surface area contributed by atoms with E-state index in [-0.39, 0.29) is 0 Å². The lowest BCUT2D eigenvalue weighted by Crippen LogP contribution is -2.38. The number of hydrogen-bond donors (Lipinski definition) is 2. The molecule has 0 aliphatic heterocycles. The molecule has 120 valence electrons. The summed E-state index contributed by atoms with van der Waals surface area (Å²) in [5.41, 5.74) is -1.54. The van der Waals surface area contributed by atoms with Crippen molar-refractivity contribution in [2.24, 2.45) is 0 Å². The number of carbonyl (C=O) groups is 2. The number of rotatable bonds is 5. The molecule has 1 rings (SSSR count). The molecule has 0 aliphatic rings. The number of nitrogens with one attached hydrogen (secondary N) is 1. The van der Waals surface area contributed by atoms with Gasteiger partial charge < -0.3 is 15.2 Å². The number of amides is 1. The maximum atomic E-state index is 12.1. The van der Waals surface area contributed by atoms with Gasteiger partial charge in [-0.3, -0.25) is 19.7 Å². The smallest absolute Gasteiger partial charge is 0.480 e. The molecule has 0 aromatic heterocycles. The lowest BCUT2D eigenvalue weighted by molar-refractivity contribution is -0.385. The van der Waals surface area contributed by atoms with Crippen molar-refractivity contribution in [2.75, 3.05) is 0 Å². The van der Waals surface area contributed by atoms with Crippen LogP contribution in [-0.2, 0) is 4.79 Å². The summed E-state index contributed by atoms with van der Waals surface area (Å²) in [4.78, 5) is 32.2. The average molecular weight is 322 g/mol. The summed E-state index contributed by atoms with van der Waals surface area (Å²) in [6.07, 6.45) is -5.04. The minimum Gasteiger partial charge on any atom is -0.480 e. The lowest BCUT2D eigenvalue weighted by atomic mass is 10.1. The van der Waals surface area contributed by atoms with Gasteiger partial charge in [0.05, 0.1) is 4.92 Å². The van der Waals surface area contributed by atoms with Crippen LogP contribution >= 0.6 is 0 Å². The molecule has 0 bridgehead atoms. The van der Waals surface area contributed by atoms with E-state index in [0.29, 0.717) is 18.2 Å². The lowest BCUT2D eigenvalue weighted by Gasteiger charge is -2.12. The molecule has 1 aromatic carbocycles. The van der Waals surface area contributed by atoms with Crippen LogP contribution in [0.15, 0.2) is 18.2 Å². The quantitative estimate of drug-likeness (QED) is 0.629. The van der Waals surface area contributed by atoms with Crippen LogP contribution in [0.4, 0.5) is 18.9 Å². The highest BCUT2D eigenvalue weighted by Gasteiger charge is 2.32. The highest BCUT2D eigenvalue weighted by Crippen LogP contribution is 2.28. The van der Waals surface area contributed by atoms with Crippen molar-refractivity contribution in [3.8, 4) is 5.75 Å². The number of carbonyl (C=O) groups excluding carboxylic acids is 1. The van der Waals surface area contributed by atoms with E-state index in [9.17, 15) is 32.9 Å². The molecule has 0 aliphatic carbocycles. The third-order valence-corrected chi connectivity index (χ3v) is 2.36. The number of carboxylic acid groups (broad SMARTS) is 1. The monoisotopic (exact) mass is 322 g/mol. The maximum Gasteiger partial charge on any atom is 0.573 e. The normalized spacial score (nSPS) is 12.4. The fourth-order valence-corrected chi connectivity index (χ4v) is 1.39. The van der Waals surface area contributed by atoms with Crippen molar-refractivity contribution >= 4 is 17.6 Å². The summed E-state index contributed by atoms with van der Waals surface area (Å²) >= 11 is 0. The van der Waals surface area contributed by atoms with Gasteiger partial charge in [-0.05, 0) is 13.0 Å². The van der Waals surface area contributed by atoms with Gasteiger partial charge in [0.1, 0.15) is 17.4 Å². The SMILES string of the molecule is CC(NC(=O)c1cc(OC(F)(F)F)ccc1[N+](=O)[O-])C(=O)O. The topological polar surface area (TPSA) is 119 Å². The predicted molar refractivity (Wildman–Crippen MR) is 64.3 cm³/mol. The Labute approximate surface area is 120 Å². The molecule has 8 nitrogen and oxygen atoms in total. The number of nitrogens with zero attached hydrogens (tertiary/aromatic N) is 1. The van der Waals surface area contributed by atoms with Crippen molar-refractivity contribution in [2.45, 2.75) is 19.3 Å². The first-order valence-corrected chi connectivity index (χ1v) is 5.59. The number of ether oxygens (including phenoxy) is 1. The van der Waals surface area contributed by atoms with E-state index in [4.69, 9.17) is 5.11 Å². The number of aliphatic carboxylic acids is 1. The zero-order valence-corrected chi connectivity index (χ0v) is 10.9. The van der Waals surface area contributed by atoms with Gasteiger partial charge in [0.25, 0.3) is 11.6 Å². The molecule has 22 heavy (non-hydrogen) atoms. The second kappa shape index (κ2) is 6.28. The summed E-state index contributed by atoms with van der Waals surface area (Å²) in [6.45, 7) is 1.09. The molecular weight excluding hydrogens is 313 g/mol. The van der Waals surface area contributed by atoms with Crippen molar-refractivity contribution in [1.82, 2.24) is 5.32 Å². The number of carboxylic acids is 1. The van der Waals surface area contributed by atoms with Gasteiger partial charge in [-0.1, -0.05) is 0 Å². The van der Waals surface area contributed by atoms with E-state index in [1.165, 1.54) is 0 Å². The Morgan fingerprint density at radius 1 is 1.41 bits per heavy atom. The molecule has 1 amide bonds. The van der Waals surface area contributed by atoms with Crippen LogP contribution in [0.5, 0.6) is 5.75 Å². The Kier molecular flexibility index (Phi) is 4.91. The average Bonchev–Trinajstić information content (AvgIpc) is 2.35. The van der Waals surface area contributed by atoms with Crippen LogP contribution in [0.25, 0.3) is 0 Å². The molecule has 1 atom stereocenters. The van der Waals surface area contributed by atoms with Gasteiger partial charge >= 0.3 is 12.3 Å². The van der Waals surface area contributed by atoms with E-state index in [1.54, 1.807) is 0 Å². The van der Waals surface area contributed by atoms with Crippen molar-refractivity contribution < 1.29 is 37.5 Å². The molecule has 1 unspecified atom stereocenters. The Bertz CT molecular complexity index is 616. The Morgan fingerprint density at radius 2 is 2.00 bits per heavy atom. The van der Waals surface area contributed by atoms with Crippen LogP contribution in [0.2, 0.25) is 0 Å². The molecular formula is C11H9F3N2O6. The van der Waals surface area contributed by atoms with Crippen molar-refractivity contribution in [1.29, 1.82) is 0 Å². The van der Waals surface area contributed by atoms with Gasteiger partial charge in [0, 0.05) is 12.1 Å². The number of hydrogen-bond acceptors (Lipinski definition) is 5. The van der Waals surface area contributed by atoms with Crippen LogP contribution in [-0.4, -0.2) is 34.3 Å². The minimum atomic E-state index is -5.04. The van der Waals surface area contributed by atoms with Crippen LogP contribution in [0.1, 0.15) is 17.3 Å². The van der Waals surface area contributed by atoms with E-state index < -0.39 is 46.2 Å². The highest BCUT2D eigenvalue weighted by molar-refractivity contribution is 6.00. The molecule has 0 radical (unpaired) electrons. The third kappa shape index (κ3) is 4.61. The molecule has 1 aromatic rings. The summed E-state index contributed by atoms with van der Waals surface area (Å²) in [6, 6.07) is 0.444. The zero-order chi connectivity index (χ0) is 17.1. The number of nitro groups is 1. The molecule has 0 heterocycles. The van der Waals surface area contributed by atoms with Crippen LogP contribution < -0.4 is 10.1 Å². The Hall–Kier alpha value is -2.85. The minimum absolute atomic E-state index is 0.509. The van der Waals surface area contributed by atoms with Crippen LogP contribution in [0.3, 0.4) is 0 Å². The second-order valence-electron chi connectivity index (χ2n) is 4.02. The first kappa shape index (κ1) is 17.2. The largest absolute Gasteiger partial charge is 0.573 e. The van der Waals surface area contributed by atoms with Gasteiger partial charge in [0.2, 0.25) is 0 Å². The number of halogens is 3. The fourth-order valence-electron chi connectivity index (χ4n) is 1.39. The summed E-state index contributed by atoms with van der Waals surface area (Å²) in [5, 5.41) is 21.3. The zero-order valence-electron chi connectivity index (χ0n) is 10.9. The fraction of sp³-hybridized carbons (Fsp3) is 0.273. The maximum absolute atomic E-state index is 12.1. The second-order valence-corrected chi connectivity index (χ2v) is 4.02. The summed E-state index contributed by atoms with van der Waals surface area (Å²) in [7, 11) is 0. The predicted octanol–water partition coefficient (Wildman–Crippen LogP) is 1.70.